The highest BCUT2D eigenvalue weighted by Crippen LogP contribution is 2.30. The lowest BCUT2D eigenvalue weighted by molar-refractivity contribution is 0.0710. The summed E-state index contributed by atoms with van der Waals surface area (Å²) < 4.78 is 1.53. The molecule has 0 aliphatic carbocycles. The summed E-state index contributed by atoms with van der Waals surface area (Å²) in [4.78, 5) is 34.6. The Labute approximate surface area is 151 Å². The number of aromatic amines is 1. The SMILES string of the molecule is Cc1ccc(C(=O)N2CCC(c3cc4cnccc4[nH]3)CC2)c(=O)n1C. The number of nitrogens with zero attached hydrogens (tertiary/aromatic N) is 3. The quantitative estimate of drug-likeness (QED) is 0.772. The average Bonchev–Trinajstić information content (AvgIpc) is 3.10. The third-order valence-corrected chi connectivity index (χ3v) is 5.45. The molecule has 1 aliphatic heterocycles. The number of fused-ring (bicyclic) bond motifs is 1. The first-order chi connectivity index (χ1) is 12.5. The normalized spacial score (nSPS) is 15.5. The second-order valence-electron chi connectivity index (χ2n) is 7.01. The van der Waals surface area contributed by atoms with Gasteiger partial charge in [0.15, 0.2) is 0 Å². The number of H-pyrrole nitrogens is 1. The number of likely N-dealkylation sites (tertiary alicyclic amines) is 1. The summed E-state index contributed by atoms with van der Waals surface area (Å²) in [6.45, 7) is 3.18. The first-order valence-electron chi connectivity index (χ1n) is 8.93. The zero-order chi connectivity index (χ0) is 18.3. The number of hydrogen-bond donors (Lipinski definition) is 1. The maximum absolute atomic E-state index is 12.8. The average molecular weight is 350 g/mol. The molecule has 3 aromatic rings. The van der Waals surface area contributed by atoms with Crippen molar-refractivity contribution < 1.29 is 4.79 Å². The fourth-order valence-corrected chi connectivity index (χ4v) is 3.67. The zero-order valence-electron chi connectivity index (χ0n) is 15.0. The molecule has 26 heavy (non-hydrogen) atoms. The van der Waals surface area contributed by atoms with E-state index in [-0.39, 0.29) is 17.0 Å². The topological polar surface area (TPSA) is 71.0 Å². The van der Waals surface area contributed by atoms with E-state index in [2.05, 4.69) is 16.0 Å². The van der Waals surface area contributed by atoms with Crippen molar-refractivity contribution in [3.8, 4) is 0 Å². The van der Waals surface area contributed by atoms with E-state index in [0.717, 1.165) is 29.4 Å². The molecule has 134 valence electrons. The number of pyridine rings is 2. The fraction of sp³-hybridized carbons (Fsp3) is 0.350. The van der Waals surface area contributed by atoms with Crippen molar-refractivity contribution in [1.29, 1.82) is 0 Å². The number of aromatic nitrogens is 3. The lowest BCUT2D eigenvalue weighted by Gasteiger charge is -2.31. The van der Waals surface area contributed by atoms with Crippen LogP contribution >= 0.6 is 0 Å². The Kier molecular flexibility index (Phi) is 4.11. The van der Waals surface area contributed by atoms with Crippen LogP contribution in [0.2, 0.25) is 0 Å². The van der Waals surface area contributed by atoms with Crippen LogP contribution < -0.4 is 5.56 Å². The van der Waals surface area contributed by atoms with Gasteiger partial charge in [0.2, 0.25) is 0 Å². The summed E-state index contributed by atoms with van der Waals surface area (Å²) >= 11 is 0. The molecule has 0 atom stereocenters. The fourth-order valence-electron chi connectivity index (χ4n) is 3.67. The van der Waals surface area contributed by atoms with E-state index < -0.39 is 0 Å². The van der Waals surface area contributed by atoms with Gasteiger partial charge in [-0.15, -0.1) is 0 Å². The van der Waals surface area contributed by atoms with E-state index in [1.54, 1.807) is 24.2 Å². The van der Waals surface area contributed by atoms with Gasteiger partial charge in [0.1, 0.15) is 5.56 Å². The zero-order valence-corrected chi connectivity index (χ0v) is 15.0. The molecule has 0 saturated carbocycles. The summed E-state index contributed by atoms with van der Waals surface area (Å²) in [6, 6.07) is 7.60. The third kappa shape index (κ3) is 2.81. The highest BCUT2D eigenvalue weighted by molar-refractivity contribution is 5.94. The van der Waals surface area contributed by atoms with Gasteiger partial charge in [-0.05, 0) is 44.0 Å². The van der Waals surface area contributed by atoms with Crippen molar-refractivity contribution in [3.63, 3.8) is 0 Å². The molecule has 6 nitrogen and oxygen atoms in total. The molecule has 1 amide bonds. The molecule has 0 aromatic carbocycles. The molecule has 0 radical (unpaired) electrons. The van der Waals surface area contributed by atoms with Crippen LogP contribution in [0.1, 0.15) is 40.5 Å². The molecule has 1 N–H and O–H groups in total. The van der Waals surface area contributed by atoms with Gasteiger partial charge in [0.05, 0.1) is 0 Å². The number of rotatable bonds is 2. The van der Waals surface area contributed by atoms with E-state index in [1.807, 2.05) is 25.3 Å². The summed E-state index contributed by atoms with van der Waals surface area (Å²) in [6.07, 6.45) is 5.42. The smallest absolute Gasteiger partial charge is 0.263 e. The van der Waals surface area contributed by atoms with Gasteiger partial charge in [0.25, 0.3) is 11.5 Å². The summed E-state index contributed by atoms with van der Waals surface area (Å²) in [5.74, 6) is 0.234. The van der Waals surface area contributed by atoms with E-state index in [1.165, 1.54) is 10.3 Å². The second-order valence-corrected chi connectivity index (χ2v) is 7.01. The van der Waals surface area contributed by atoms with Crippen molar-refractivity contribution in [2.45, 2.75) is 25.7 Å². The molecule has 0 unspecified atom stereocenters. The molecule has 4 heterocycles. The van der Waals surface area contributed by atoms with Crippen molar-refractivity contribution in [3.05, 3.63) is 64.0 Å². The predicted molar refractivity (Wildman–Crippen MR) is 100 cm³/mol. The van der Waals surface area contributed by atoms with Crippen molar-refractivity contribution in [2.24, 2.45) is 7.05 Å². The predicted octanol–water partition coefficient (Wildman–Crippen LogP) is 2.59. The van der Waals surface area contributed by atoms with Crippen LogP contribution in [-0.4, -0.2) is 38.4 Å². The number of carbonyl (C=O) groups is 1. The minimum Gasteiger partial charge on any atom is -0.358 e. The first-order valence-corrected chi connectivity index (χ1v) is 8.93. The second kappa shape index (κ2) is 6.44. The lowest BCUT2D eigenvalue weighted by Crippen LogP contribution is -2.41. The van der Waals surface area contributed by atoms with Gasteiger partial charge in [0, 0.05) is 60.7 Å². The van der Waals surface area contributed by atoms with Crippen LogP contribution in [-0.2, 0) is 7.05 Å². The Morgan fingerprint density at radius 1 is 1.23 bits per heavy atom. The molecule has 1 aliphatic rings. The number of carbonyl (C=O) groups excluding carboxylic acids is 1. The Morgan fingerprint density at radius 3 is 2.73 bits per heavy atom. The highest BCUT2D eigenvalue weighted by Gasteiger charge is 2.27. The molecule has 0 bridgehead atoms. The Bertz CT molecular complexity index is 993. The van der Waals surface area contributed by atoms with Crippen LogP contribution in [0, 0.1) is 6.92 Å². The van der Waals surface area contributed by atoms with Gasteiger partial charge < -0.3 is 14.5 Å². The van der Waals surface area contributed by atoms with Gasteiger partial charge in [-0.25, -0.2) is 0 Å². The van der Waals surface area contributed by atoms with Gasteiger partial charge in [-0.1, -0.05) is 0 Å². The lowest BCUT2D eigenvalue weighted by atomic mass is 9.93. The first kappa shape index (κ1) is 16.6. The van der Waals surface area contributed by atoms with Crippen LogP contribution in [0.4, 0.5) is 0 Å². The molecular formula is C20H22N4O2. The Balaban J connectivity index is 1.49. The molecule has 0 spiro atoms. The maximum atomic E-state index is 12.8. The molecule has 3 aromatic heterocycles. The van der Waals surface area contributed by atoms with Gasteiger partial charge in [-0.3, -0.25) is 14.6 Å². The van der Waals surface area contributed by atoms with Crippen molar-refractivity contribution in [1.82, 2.24) is 19.4 Å². The van der Waals surface area contributed by atoms with Gasteiger partial charge in [-0.2, -0.15) is 0 Å². The minimum absolute atomic E-state index is 0.162. The highest BCUT2D eigenvalue weighted by atomic mass is 16.2. The molecule has 4 rings (SSSR count). The van der Waals surface area contributed by atoms with Crippen LogP contribution in [0.3, 0.4) is 0 Å². The monoisotopic (exact) mass is 350 g/mol. The Hall–Kier alpha value is -2.89. The third-order valence-electron chi connectivity index (χ3n) is 5.45. The van der Waals surface area contributed by atoms with Crippen LogP contribution in [0.5, 0.6) is 0 Å². The molecule has 1 fully saturated rings. The van der Waals surface area contributed by atoms with Gasteiger partial charge >= 0.3 is 0 Å². The van der Waals surface area contributed by atoms with Crippen LogP contribution in [0.25, 0.3) is 10.9 Å². The number of aryl methyl sites for hydroxylation is 1. The van der Waals surface area contributed by atoms with E-state index in [4.69, 9.17) is 0 Å². The van der Waals surface area contributed by atoms with E-state index >= 15 is 0 Å². The largest absolute Gasteiger partial charge is 0.358 e. The summed E-state index contributed by atoms with van der Waals surface area (Å²) in [5.41, 5.74) is 3.18. The van der Waals surface area contributed by atoms with E-state index in [9.17, 15) is 9.59 Å². The number of nitrogens with one attached hydrogen (secondary N) is 1. The Morgan fingerprint density at radius 2 is 2.00 bits per heavy atom. The van der Waals surface area contributed by atoms with Crippen molar-refractivity contribution >= 4 is 16.8 Å². The van der Waals surface area contributed by atoms with Crippen LogP contribution in [0.15, 0.2) is 41.5 Å². The molecular weight excluding hydrogens is 328 g/mol. The molecule has 6 heteroatoms. The maximum Gasteiger partial charge on any atom is 0.263 e. The number of piperidine rings is 1. The summed E-state index contributed by atoms with van der Waals surface area (Å²) in [7, 11) is 1.70. The molecule has 1 saturated heterocycles. The van der Waals surface area contributed by atoms with E-state index in [0.29, 0.717) is 19.0 Å². The summed E-state index contributed by atoms with van der Waals surface area (Å²) in [5, 5.41) is 1.11. The number of amides is 1. The number of hydrogen-bond acceptors (Lipinski definition) is 3. The van der Waals surface area contributed by atoms with Crippen molar-refractivity contribution in [2.75, 3.05) is 13.1 Å². The standard InChI is InChI=1S/C20H22N4O2/c1-13-3-4-16(19(25)23(13)2)20(26)24-9-6-14(7-10-24)18-11-15-12-21-8-5-17(15)22-18/h3-5,8,11-12,14,22H,6-7,9-10H2,1-2H3. The minimum atomic E-state index is -0.222.